The molecule has 0 bridgehead atoms. The molecule has 0 aliphatic rings. The van der Waals surface area contributed by atoms with Crippen LogP contribution in [0.15, 0.2) is 12.4 Å². The highest BCUT2D eigenvalue weighted by Gasteiger charge is 2.10. The van der Waals surface area contributed by atoms with Gasteiger partial charge in [0, 0.05) is 6.20 Å². The maximum atomic E-state index is 10.9. The van der Waals surface area contributed by atoms with Crippen molar-refractivity contribution in [1.82, 2.24) is 24.7 Å². The van der Waals surface area contributed by atoms with Crippen molar-refractivity contribution < 1.29 is 9.53 Å². The first-order valence-electron chi connectivity index (χ1n) is 5.09. The number of nitrogens with two attached hydrogens (primary N) is 2. The van der Waals surface area contributed by atoms with Crippen molar-refractivity contribution in [3.05, 3.63) is 18.0 Å². The summed E-state index contributed by atoms with van der Waals surface area (Å²) in [5.41, 5.74) is 10.9. The van der Waals surface area contributed by atoms with E-state index < -0.39 is 5.91 Å². The van der Waals surface area contributed by atoms with Crippen LogP contribution in [0.4, 0.5) is 5.95 Å². The molecule has 0 saturated heterocycles. The lowest BCUT2D eigenvalue weighted by molar-refractivity contribution is 0.100. The normalized spacial score (nSPS) is 10.3. The average molecular weight is 249 g/mol. The highest BCUT2D eigenvalue weighted by atomic mass is 16.5. The zero-order valence-electron chi connectivity index (χ0n) is 9.57. The Kier molecular flexibility index (Phi) is 3.04. The van der Waals surface area contributed by atoms with E-state index in [1.54, 1.807) is 6.92 Å². The quantitative estimate of drug-likeness (QED) is 0.719. The minimum absolute atomic E-state index is 0.000394. The van der Waals surface area contributed by atoms with Crippen LogP contribution < -0.4 is 16.2 Å². The number of nitrogens with zero attached hydrogens (tertiary/aromatic N) is 5. The zero-order chi connectivity index (χ0) is 13.1. The van der Waals surface area contributed by atoms with Gasteiger partial charge in [-0.3, -0.25) is 4.79 Å². The summed E-state index contributed by atoms with van der Waals surface area (Å²) in [4.78, 5) is 22.6. The molecule has 2 heterocycles. The van der Waals surface area contributed by atoms with E-state index in [1.165, 1.54) is 17.1 Å². The smallest absolute Gasteiger partial charge is 0.323 e. The molecule has 0 saturated carbocycles. The molecular formula is C9H11N7O2. The van der Waals surface area contributed by atoms with Crippen LogP contribution in [0.5, 0.6) is 6.01 Å². The van der Waals surface area contributed by atoms with Crippen molar-refractivity contribution in [2.45, 2.75) is 6.92 Å². The summed E-state index contributed by atoms with van der Waals surface area (Å²) >= 11 is 0. The maximum Gasteiger partial charge on any atom is 0.323 e. The number of aromatic nitrogens is 5. The Morgan fingerprint density at radius 3 is 2.83 bits per heavy atom. The summed E-state index contributed by atoms with van der Waals surface area (Å²) in [6, 6.07) is 0.0936. The number of carbonyl (C=O) groups excluding carboxylic acids is 1. The summed E-state index contributed by atoms with van der Waals surface area (Å²) < 4.78 is 6.39. The molecule has 94 valence electrons. The first-order valence-corrected chi connectivity index (χ1v) is 5.09. The fourth-order valence-electron chi connectivity index (χ4n) is 1.22. The van der Waals surface area contributed by atoms with Crippen LogP contribution in [0.25, 0.3) is 5.95 Å². The monoisotopic (exact) mass is 249 g/mol. The van der Waals surface area contributed by atoms with Crippen LogP contribution >= 0.6 is 0 Å². The van der Waals surface area contributed by atoms with E-state index in [-0.39, 0.29) is 23.5 Å². The molecule has 0 spiro atoms. The van der Waals surface area contributed by atoms with Gasteiger partial charge in [0.05, 0.1) is 18.4 Å². The number of hydrogen-bond donors (Lipinski definition) is 2. The van der Waals surface area contributed by atoms with Gasteiger partial charge in [-0.05, 0) is 6.92 Å². The van der Waals surface area contributed by atoms with Crippen LogP contribution in [-0.4, -0.2) is 37.2 Å². The van der Waals surface area contributed by atoms with Gasteiger partial charge in [0.1, 0.15) is 0 Å². The molecule has 0 fully saturated rings. The lowest BCUT2D eigenvalue weighted by Crippen LogP contribution is -2.11. The number of amides is 1. The van der Waals surface area contributed by atoms with Gasteiger partial charge in [0.15, 0.2) is 0 Å². The fourth-order valence-corrected chi connectivity index (χ4v) is 1.22. The molecule has 0 aromatic carbocycles. The Bertz CT molecular complexity index is 580. The average Bonchev–Trinajstić information content (AvgIpc) is 2.78. The number of ether oxygens (including phenoxy) is 1. The number of hydrogen-bond acceptors (Lipinski definition) is 7. The summed E-state index contributed by atoms with van der Waals surface area (Å²) in [6.45, 7) is 2.19. The van der Waals surface area contributed by atoms with Gasteiger partial charge in [-0.25, -0.2) is 4.68 Å². The molecule has 2 aromatic rings. The minimum atomic E-state index is -0.590. The molecule has 1 amide bonds. The van der Waals surface area contributed by atoms with Crippen molar-refractivity contribution in [2.24, 2.45) is 5.73 Å². The Morgan fingerprint density at radius 2 is 2.22 bits per heavy atom. The second kappa shape index (κ2) is 4.65. The molecule has 0 atom stereocenters. The van der Waals surface area contributed by atoms with Crippen LogP contribution in [0.2, 0.25) is 0 Å². The highest BCUT2D eigenvalue weighted by molar-refractivity contribution is 5.92. The van der Waals surface area contributed by atoms with Gasteiger partial charge in [-0.15, -0.1) is 0 Å². The summed E-state index contributed by atoms with van der Waals surface area (Å²) in [5, 5.41) is 3.90. The molecule has 2 aromatic heterocycles. The van der Waals surface area contributed by atoms with Gasteiger partial charge in [-0.1, -0.05) is 0 Å². The Labute approximate surface area is 102 Å². The van der Waals surface area contributed by atoms with Crippen molar-refractivity contribution >= 4 is 11.9 Å². The summed E-state index contributed by atoms with van der Waals surface area (Å²) in [5.74, 6) is -0.439. The first kappa shape index (κ1) is 11.8. The third-order valence-corrected chi connectivity index (χ3v) is 1.97. The standard InChI is InChI=1S/C9H11N7O2/c1-2-18-9-14-7(11)13-8(15-9)16-4-5(3-12-16)6(10)17/h3-4H,2H2,1H3,(H2,10,17)(H2,11,13,14,15). The molecule has 4 N–H and O–H groups in total. The summed E-state index contributed by atoms with van der Waals surface area (Å²) in [6.07, 6.45) is 2.70. The number of primary amides is 1. The van der Waals surface area contributed by atoms with Crippen molar-refractivity contribution in [3.8, 4) is 12.0 Å². The van der Waals surface area contributed by atoms with E-state index in [9.17, 15) is 4.79 Å². The molecule has 0 radical (unpaired) electrons. The van der Waals surface area contributed by atoms with Gasteiger partial charge < -0.3 is 16.2 Å². The van der Waals surface area contributed by atoms with Crippen LogP contribution in [0, 0.1) is 0 Å². The second-order valence-electron chi connectivity index (χ2n) is 3.25. The highest BCUT2D eigenvalue weighted by Crippen LogP contribution is 2.09. The van der Waals surface area contributed by atoms with E-state index in [1.807, 2.05) is 0 Å². The predicted molar refractivity (Wildman–Crippen MR) is 61.0 cm³/mol. The van der Waals surface area contributed by atoms with E-state index in [4.69, 9.17) is 16.2 Å². The number of nitrogen functional groups attached to an aromatic ring is 1. The largest absolute Gasteiger partial charge is 0.464 e. The molecule has 0 aliphatic heterocycles. The van der Waals surface area contributed by atoms with E-state index in [2.05, 4.69) is 20.1 Å². The second-order valence-corrected chi connectivity index (χ2v) is 3.25. The summed E-state index contributed by atoms with van der Waals surface area (Å²) in [7, 11) is 0. The first-order chi connectivity index (χ1) is 8.60. The van der Waals surface area contributed by atoms with Crippen molar-refractivity contribution in [3.63, 3.8) is 0 Å². The lowest BCUT2D eigenvalue weighted by Gasteiger charge is -2.04. The molecular weight excluding hydrogens is 238 g/mol. The lowest BCUT2D eigenvalue weighted by atomic mass is 10.4. The number of carbonyl (C=O) groups is 1. The van der Waals surface area contributed by atoms with E-state index in [0.29, 0.717) is 6.61 Å². The Hall–Kier alpha value is -2.71. The minimum Gasteiger partial charge on any atom is -0.464 e. The van der Waals surface area contributed by atoms with Crippen LogP contribution in [-0.2, 0) is 0 Å². The van der Waals surface area contributed by atoms with Gasteiger partial charge in [0.25, 0.3) is 11.9 Å². The van der Waals surface area contributed by atoms with Crippen LogP contribution in [0.1, 0.15) is 17.3 Å². The third-order valence-electron chi connectivity index (χ3n) is 1.97. The molecule has 18 heavy (non-hydrogen) atoms. The van der Waals surface area contributed by atoms with Crippen LogP contribution in [0.3, 0.4) is 0 Å². The van der Waals surface area contributed by atoms with Crippen molar-refractivity contribution in [2.75, 3.05) is 12.3 Å². The zero-order valence-corrected chi connectivity index (χ0v) is 9.57. The van der Waals surface area contributed by atoms with Gasteiger partial charge in [-0.2, -0.15) is 20.1 Å². The van der Waals surface area contributed by atoms with Gasteiger partial charge in [0.2, 0.25) is 5.95 Å². The Balaban J connectivity index is 2.39. The third kappa shape index (κ3) is 2.34. The maximum absolute atomic E-state index is 10.9. The Morgan fingerprint density at radius 1 is 1.44 bits per heavy atom. The molecule has 9 nitrogen and oxygen atoms in total. The molecule has 0 aliphatic carbocycles. The van der Waals surface area contributed by atoms with E-state index in [0.717, 1.165) is 0 Å². The molecule has 2 rings (SSSR count). The SMILES string of the molecule is CCOc1nc(N)nc(-n2cc(C(N)=O)cn2)n1. The topological polar surface area (TPSA) is 135 Å². The number of rotatable bonds is 4. The number of anilines is 1. The fraction of sp³-hybridized carbons (Fsp3) is 0.222. The molecule has 9 heteroatoms. The van der Waals surface area contributed by atoms with E-state index >= 15 is 0 Å². The predicted octanol–water partition coefficient (Wildman–Crippen LogP) is -0.863. The van der Waals surface area contributed by atoms with Crippen molar-refractivity contribution in [1.29, 1.82) is 0 Å². The molecule has 0 unspecified atom stereocenters. The van der Waals surface area contributed by atoms with Gasteiger partial charge >= 0.3 is 6.01 Å².